The van der Waals surface area contributed by atoms with Crippen LogP contribution in [0.1, 0.15) is 18.9 Å². The van der Waals surface area contributed by atoms with Crippen molar-refractivity contribution < 1.29 is 9.59 Å². The van der Waals surface area contributed by atoms with Crippen molar-refractivity contribution in [1.82, 2.24) is 0 Å². The van der Waals surface area contributed by atoms with Crippen LogP contribution in [0.3, 0.4) is 0 Å². The summed E-state index contributed by atoms with van der Waals surface area (Å²) in [5, 5.41) is 3.53. The minimum atomic E-state index is -0.564. The molecule has 1 saturated heterocycles. The maximum Gasteiger partial charge on any atom is 0.256 e. The summed E-state index contributed by atoms with van der Waals surface area (Å²) < 4.78 is 0. The summed E-state index contributed by atoms with van der Waals surface area (Å²) in [4.78, 5) is 26.0. The lowest BCUT2D eigenvalue weighted by molar-refractivity contribution is -0.121. The van der Waals surface area contributed by atoms with E-state index in [1.807, 2.05) is 24.3 Å². The highest BCUT2D eigenvalue weighted by Crippen LogP contribution is 2.30. The van der Waals surface area contributed by atoms with Crippen LogP contribution in [0.2, 0.25) is 5.02 Å². The zero-order chi connectivity index (χ0) is 16.4. The van der Waals surface area contributed by atoms with Gasteiger partial charge in [-0.15, -0.1) is 0 Å². The van der Waals surface area contributed by atoms with E-state index in [-0.39, 0.29) is 18.2 Å². The smallest absolute Gasteiger partial charge is 0.256 e. The van der Waals surface area contributed by atoms with Crippen molar-refractivity contribution in [1.29, 1.82) is 0 Å². The van der Waals surface area contributed by atoms with E-state index in [0.717, 1.165) is 12.1 Å². The molecule has 1 aliphatic heterocycles. The molecule has 0 radical (unpaired) electrons. The molecule has 2 amide bonds. The van der Waals surface area contributed by atoms with E-state index < -0.39 is 6.04 Å². The third kappa shape index (κ3) is 3.08. The number of aryl methyl sites for hydroxylation is 1. The van der Waals surface area contributed by atoms with Crippen molar-refractivity contribution in [3.63, 3.8) is 0 Å². The van der Waals surface area contributed by atoms with Crippen LogP contribution in [0.5, 0.6) is 0 Å². The van der Waals surface area contributed by atoms with E-state index in [1.54, 1.807) is 24.3 Å². The van der Waals surface area contributed by atoms with Gasteiger partial charge < -0.3 is 5.32 Å². The Labute approximate surface area is 140 Å². The topological polar surface area (TPSA) is 49.4 Å². The van der Waals surface area contributed by atoms with Crippen molar-refractivity contribution in [2.45, 2.75) is 25.8 Å². The fourth-order valence-electron chi connectivity index (χ4n) is 2.67. The third-order valence-electron chi connectivity index (χ3n) is 3.94. The van der Waals surface area contributed by atoms with E-state index in [9.17, 15) is 9.59 Å². The number of nitrogens with zero attached hydrogens (tertiary/aromatic N) is 1. The van der Waals surface area contributed by atoms with Gasteiger partial charge in [-0.05, 0) is 36.2 Å². The molecule has 2 aromatic rings. The lowest BCUT2D eigenvalue weighted by Gasteiger charge is -2.17. The van der Waals surface area contributed by atoms with Crippen LogP contribution >= 0.6 is 11.6 Å². The van der Waals surface area contributed by atoms with E-state index in [2.05, 4.69) is 12.2 Å². The van der Waals surface area contributed by atoms with Crippen LogP contribution < -0.4 is 10.2 Å². The standard InChI is InChI=1S/C18H17ClN2O2/c1-2-12-7-9-13(10-8-12)20-15-11-17(22)21(18(15)23)16-6-4-3-5-14(16)19/h3-10,15,20H,2,11H2,1H3/t15-/m0/s1. The highest BCUT2D eigenvalue weighted by Gasteiger charge is 2.40. The molecule has 1 aliphatic rings. The van der Waals surface area contributed by atoms with Crippen LogP contribution in [0.4, 0.5) is 11.4 Å². The molecule has 0 bridgehead atoms. The van der Waals surface area contributed by atoms with Crippen LogP contribution in [0, 0.1) is 0 Å². The number of carbonyl (C=O) groups excluding carboxylic acids is 2. The average molecular weight is 329 g/mol. The lowest BCUT2D eigenvalue weighted by Crippen LogP contribution is -2.35. The Morgan fingerprint density at radius 3 is 2.48 bits per heavy atom. The first-order valence-electron chi connectivity index (χ1n) is 7.57. The molecule has 4 nitrogen and oxygen atoms in total. The Kier molecular flexibility index (Phi) is 4.35. The van der Waals surface area contributed by atoms with Gasteiger partial charge in [-0.25, -0.2) is 4.90 Å². The summed E-state index contributed by atoms with van der Waals surface area (Å²) >= 11 is 6.11. The lowest BCUT2D eigenvalue weighted by atomic mass is 10.1. The number of para-hydroxylation sites is 1. The number of imide groups is 1. The number of halogens is 1. The molecule has 1 N–H and O–H groups in total. The van der Waals surface area contributed by atoms with Crippen molar-refractivity contribution in [3.8, 4) is 0 Å². The number of amides is 2. The van der Waals surface area contributed by atoms with Crippen molar-refractivity contribution in [3.05, 3.63) is 59.1 Å². The molecule has 1 heterocycles. The van der Waals surface area contributed by atoms with Gasteiger partial charge in [-0.1, -0.05) is 42.8 Å². The predicted octanol–water partition coefficient (Wildman–Crippen LogP) is 3.65. The maximum absolute atomic E-state index is 12.6. The second-order valence-electron chi connectivity index (χ2n) is 5.47. The summed E-state index contributed by atoms with van der Waals surface area (Å²) in [6, 6.07) is 14.2. The molecule has 118 valence electrons. The van der Waals surface area contributed by atoms with Gasteiger partial charge in [-0.2, -0.15) is 0 Å². The van der Waals surface area contributed by atoms with Gasteiger partial charge in [0.1, 0.15) is 6.04 Å². The third-order valence-corrected chi connectivity index (χ3v) is 4.26. The summed E-state index contributed by atoms with van der Waals surface area (Å²) in [6.07, 6.45) is 1.08. The fourth-order valence-corrected chi connectivity index (χ4v) is 2.89. The van der Waals surface area contributed by atoms with Crippen LogP contribution in [0.15, 0.2) is 48.5 Å². The Balaban J connectivity index is 1.79. The largest absolute Gasteiger partial charge is 0.373 e. The number of anilines is 2. The second kappa shape index (κ2) is 6.42. The monoisotopic (exact) mass is 328 g/mol. The predicted molar refractivity (Wildman–Crippen MR) is 91.8 cm³/mol. The van der Waals surface area contributed by atoms with E-state index in [0.29, 0.717) is 10.7 Å². The van der Waals surface area contributed by atoms with E-state index in [4.69, 9.17) is 11.6 Å². The van der Waals surface area contributed by atoms with E-state index >= 15 is 0 Å². The van der Waals surface area contributed by atoms with Gasteiger partial charge in [0.25, 0.3) is 5.91 Å². The molecule has 3 rings (SSSR count). The van der Waals surface area contributed by atoms with Gasteiger partial charge in [0.2, 0.25) is 5.91 Å². The van der Waals surface area contributed by atoms with Crippen molar-refractivity contribution in [2.75, 3.05) is 10.2 Å². The van der Waals surface area contributed by atoms with Gasteiger partial charge in [0, 0.05) is 5.69 Å². The highest BCUT2D eigenvalue weighted by molar-refractivity contribution is 6.36. The summed E-state index contributed by atoms with van der Waals surface area (Å²) in [7, 11) is 0. The van der Waals surface area contributed by atoms with Gasteiger partial charge in [0.05, 0.1) is 17.1 Å². The zero-order valence-electron chi connectivity index (χ0n) is 12.8. The van der Waals surface area contributed by atoms with E-state index in [1.165, 1.54) is 10.5 Å². The quantitative estimate of drug-likeness (QED) is 0.872. The number of hydrogen-bond donors (Lipinski definition) is 1. The Bertz CT molecular complexity index is 743. The Hall–Kier alpha value is -2.33. The van der Waals surface area contributed by atoms with Crippen LogP contribution in [-0.4, -0.2) is 17.9 Å². The Morgan fingerprint density at radius 1 is 1.13 bits per heavy atom. The molecular formula is C18H17ClN2O2. The summed E-state index contributed by atoms with van der Waals surface area (Å²) in [5.41, 5.74) is 2.49. The molecule has 0 aliphatic carbocycles. The second-order valence-corrected chi connectivity index (χ2v) is 5.88. The maximum atomic E-state index is 12.6. The number of hydrogen-bond acceptors (Lipinski definition) is 3. The zero-order valence-corrected chi connectivity index (χ0v) is 13.5. The number of benzene rings is 2. The SMILES string of the molecule is CCc1ccc(N[C@H]2CC(=O)N(c3ccccc3Cl)C2=O)cc1. The first-order valence-corrected chi connectivity index (χ1v) is 7.94. The molecule has 0 spiro atoms. The number of rotatable bonds is 4. The van der Waals surface area contributed by atoms with Gasteiger partial charge >= 0.3 is 0 Å². The number of nitrogens with one attached hydrogen (secondary N) is 1. The molecule has 0 unspecified atom stereocenters. The molecule has 5 heteroatoms. The highest BCUT2D eigenvalue weighted by atomic mass is 35.5. The molecular weight excluding hydrogens is 312 g/mol. The summed E-state index contributed by atoms with van der Waals surface area (Å²) in [6.45, 7) is 2.09. The molecule has 1 atom stereocenters. The number of carbonyl (C=O) groups is 2. The van der Waals surface area contributed by atoms with Crippen LogP contribution in [0.25, 0.3) is 0 Å². The molecule has 0 aromatic heterocycles. The molecule has 1 fully saturated rings. The molecule has 23 heavy (non-hydrogen) atoms. The van der Waals surface area contributed by atoms with Gasteiger partial charge in [0.15, 0.2) is 0 Å². The van der Waals surface area contributed by atoms with Crippen molar-refractivity contribution in [2.24, 2.45) is 0 Å². The first kappa shape index (κ1) is 15.6. The minimum Gasteiger partial charge on any atom is -0.373 e. The first-order chi connectivity index (χ1) is 11.1. The minimum absolute atomic E-state index is 0.125. The van der Waals surface area contributed by atoms with Gasteiger partial charge in [-0.3, -0.25) is 9.59 Å². The normalized spacial score (nSPS) is 17.7. The summed E-state index contributed by atoms with van der Waals surface area (Å²) in [5.74, 6) is -0.520. The van der Waals surface area contributed by atoms with Crippen LogP contribution in [-0.2, 0) is 16.0 Å². The molecule has 0 saturated carbocycles. The Morgan fingerprint density at radius 2 is 1.83 bits per heavy atom. The fraction of sp³-hybridized carbons (Fsp3) is 0.222. The molecule has 2 aromatic carbocycles. The van der Waals surface area contributed by atoms with Crippen molar-refractivity contribution >= 4 is 34.8 Å². The average Bonchev–Trinajstić information content (AvgIpc) is 2.83.